The zero-order chi connectivity index (χ0) is 21.1. The van der Waals surface area contributed by atoms with Crippen LogP contribution in [0.15, 0.2) is 66.4 Å². The van der Waals surface area contributed by atoms with Gasteiger partial charge >= 0.3 is 0 Å². The van der Waals surface area contributed by atoms with Crippen LogP contribution in [-0.2, 0) is 6.61 Å². The molecule has 0 bridgehead atoms. The Morgan fingerprint density at radius 3 is 2.50 bits per heavy atom. The first kappa shape index (κ1) is 19.6. The van der Waals surface area contributed by atoms with Crippen molar-refractivity contribution in [1.82, 2.24) is 0 Å². The maximum absolute atomic E-state index is 12.8. The van der Waals surface area contributed by atoms with Gasteiger partial charge in [0.25, 0.3) is 0 Å². The quantitative estimate of drug-likeness (QED) is 0.530. The van der Waals surface area contributed by atoms with E-state index in [0.29, 0.717) is 40.7 Å². The molecule has 3 aromatic carbocycles. The van der Waals surface area contributed by atoms with E-state index in [1.807, 2.05) is 31.2 Å². The highest BCUT2D eigenvalue weighted by Gasteiger charge is 2.28. The Bertz CT molecular complexity index is 1130. The fourth-order valence-electron chi connectivity index (χ4n) is 3.28. The summed E-state index contributed by atoms with van der Waals surface area (Å²) < 4.78 is 22.4. The molecular formula is C25H22O5. The SMILES string of the molecule is COc1ccc(OC)c(/C=C2\Oc3cc(OCc4ccccc4C)ccc3C2=O)c1. The van der Waals surface area contributed by atoms with Gasteiger partial charge in [-0.3, -0.25) is 4.79 Å². The highest BCUT2D eigenvalue weighted by Crippen LogP contribution is 2.36. The van der Waals surface area contributed by atoms with Gasteiger partial charge in [-0.1, -0.05) is 24.3 Å². The second-order valence-corrected chi connectivity index (χ2v) is 6.92. The maximum Gasteiger partial charge on any atom is 0.231 e. The Labute approximate surface area is 175 Å². The van der Waals surface area contributed by atoms with Crippen molar-refractivity contribution in [3.63, 3.8) is 0 Å². The normalized spacial score (nSPS) is 13.7. The van der Waals surface area contributed by atoms with Crippen LogP contribution in [0, 0.1) is 6.92 Å². The molecule has 0 saturated heterocycles. The summed E-state index contributed by atoms with van der Waals surface area (Å²) in [6.07, 6.45) is 1.66. The van der Waals surface area contributed by atoms with Crippen LogP contribution in [0.3, 0.4) is 0 Å². The van der Waals surface area contributed by atoms with E-state index in [1.54, 1.807) is 56.7 Å². The lowest BCUT2D eigenvalue weighted by Gasteiger charge is -2.09. The average molecular weight is 402 g/mol. The summed E-state index contributed by atoms with van der Waals surface area (Å²) in [6, 6.07) is 18.7. The molecule has 5 nitrogen and oxygen atoms in total. The molecule has 0 unspecified atom stereocenters. The topological polar surface area (TPSA) is 54.0 Å². The number of rotatable bonds is 6. The number of methoxy groups -OCH3 is 2. The van der Waals surface area contributed by atoms with E-state index in [4.69, 9.17) is 18.9 Å². The monoisotopic (exact) mass is 402 g/mol. The largest absolute Gasteiger partial charge is 0.497 e. The molecule has 0 N–H and O–H groups in total. The Kier molecular flexibility index (Phi) is 5.44. The smallest absolute Gasteiger partial charge is 0.231 e. The average Bonchev–Trinajstić information content (AvgIpc) is 3.07. The van der Waals surface area contributed by atoms with Crippen molar-refractivity contribution in [1.29, 1.82) is 0 Å². The van der Waals surface area contributed by atoms with Crippen LogP contribution in [0.1, 0.15) is 27.0 Å². The molecule has 3 aromatic rings. The predicted molar refractivity (Wildman–Crippen MR) is 114 cm³/mol. The Hall–Kier alpha value is -3.73. The fourth-order valence-corrected chi connectivity index (χ4v) is 3.28. The molecular weight excluding hydrogens is 380 g/mol. The molecule has 0 spiro atoms. The van der Waals surface area contributed by atoms with Crippen molar-refractivity contribution >= 4 is 11.9 Å². The lowest BCUT2D eigenvalue weighted by Crippen LogP contribution is -1.99. The molecule has 1 aliphatic rings. The minimum Gasteiger partial charge on any atom is -0.497 e. The molecule has 1 aliphatic heterocycles. The van der Waals surface area contributed by atoms with Gasteiger partial charge in [-0.25, -0.2) is 0 Å². The standard InChI is InChI=1S/C25H22O5/c1-16-6-4-5-7-17(16)15-29-20-8-10-21-23(14-20)30-24(25(21)26)13-18-12-19(27-2)9-11-22(18)28-3/h4-14H,15H2,1-3H3/b24-13-. The Balaban J connectivity index is 1.56. The van der Waals surface area contributed by atoms with Crippen LogP contribution >= 0.6 is 0 Å². The highest BCUT2D eigenvalue weighted by molar-refractivity contribution is 6.14. The van der Waals surface area contributed by atoms with E-state index in [2.05, 4.69) is 0 Å². The van der Waals surface area contributed by atoms with Crippen LogP contribution in [0.2, 0.25) is 0 Å². The maximum atomic E-state index is 12.8. The number of ether oxygens (including phenoxy) is 4. The Morgan fingerprint density at radius 2 is 1.73 bits per heavy atom. The minimum absolute atomic E-state index is 0.180. The van der Waals surface area contributed by atoms with E-state index in [1.165, 1.54) is 5.56 Å². The summed E-state index contributed by atoms with van der Waals surface area (Å²) in [5.41, 5.74) is 3.48. The fraction of sp³-hybridized carbons (Fsp3) is 0.160. The zero-order valence-corrected chi connectivity index (χ0v) is 17.1. The van der Waals surface area contributed by atoms with Gasteiger partial charge in [0, 0.05) is 11.6 Å². The molecule has 1 heterocycles. The van der Waals surface area contributed by atoms with E-state index >= 15 is 0 Å². The van der Waals surface area contributed by atoms with Crippen LogP contribution in [0.4, 0.5) is 0 Å². The summed E-state index contributed by atoms with van der Waals surface area (Å²) in [4.78, 5) is 12.8. The molecule has 0 aliphatic carbocycles. The number of fused-ring (bicyclic) bond motifs is 1. The van der Waals surface area contributed by atoms with Gasteiger partial charge in [-0.05, 0) is 54.5 Å². The third-order valence-corrected chi connectivity index (χ3v) is 5.02. The first-order valence-corrected chi connectivity index (χ1v) is 9.56. The highest BCUT2D eigenvalue weighted by atomic mass is 16.5. The number of carbonyl (C=O) groups excluding carboxylic acids is 1. The zero-order valence-electron chi connectivity index (χ0n) is 17.1. The first-order valence-electron chi connectivity index (χ1n) is 9.56. The lowest BCUT2D eigenvalue weighted by atomic mass is 10.1. The van der Waals surface area contributed by atoms with E-state index < -0.39 is 0 Å². The number of Topliss-reactive ketones (excluding diaryl/α,β-unsaturated/α-hetero) is 1. The number of carbonyl (C=O) groups is 1. The van der Waals surface area contributed by atoms with Crippen molar-refractivity contribution in [2.75, 3.05) is 14.2 Å². The molecule has 0 radical (unpaired) electrons. The Morgan fingerprint density at radius 1 is 0.933 bits per heavy atom. The summed E-state index contributed by atoms with van der Waals surface area (Å²) in [5, 5.41) is 0. The van der Waals surface area contributed by atoms with Gasteiger partial charge < -0.3 is 18.9 Å². The molecule has 4 rings (SSSR count). The summed E-state index contributed by atoms with van der Waals surface area (Å²) >= 11 is 0. The van der Waals surface area contributed by atoms with E-state index in [0.717, 1.165) is 5.56 Å². The molecule has 0 aromatic heterocycles. The molecule has 0 fully saturated rings. The van der Waals surface area contributed by atoms with Crippen LogP contribution in [0.25, 0.3) is 6.08 Å². The number of hydrogen-bond acceptors (Lipinski definition) is 5. The molecule has 0 saturated carbocycles. The second-order valence-electron chi connectivity index (χ2n) is 6.92. The van der Waals surface area contributed by atoms with E-state index in [9.17, 15) is 4.79 Å². The van der Waals surface area contributed by atoms with Crippen LogP contribution in [0.5, 0.6) is 23.0 Å². The van der Waals surface area contributed by atoms with Crippen molar-refractivity contribution < 1.29 is 23.7 Å². The van der Waals surface area contributed by atoms with Crippen molar-refractivity contribution in [2.24, 2.45) is 0 Å². The summed E-state index contributed by atoms with van der Waals surface area (Å²) in [7, 11) is 3.16. The minimum atomic E-state index is -0.180. The molecule has 0 amide bonds. The summed E-state index contributed by atoms with van der Waals surface area (Å²) in [5.74, 6) is 2.46. The van der Waals surface area contributed by atoms with Crippen molar-refractivity contribution in [3.8, 4) is 23.0 Å². The van der Waals surface area contributed by atoms with Gasteiger partial charge in [-0.2, -0.15) is 0 Å². The van der Waals surface area contributed by atoms with Gasteiger partial charge in [-0.15, -0.1) is 0 Å². The second kappa shape index (κ2) is 8.33. The lowest BCUT2D eigenvalue weighted by molar-refractivity contribution is 0.101. The molecule has 30 heavy (non-hydrogen) atoms. The molecule has 5 heteroatoms. The number of ketones is 1. The van der Waals surface area contributed by atoms with Crippen LogP contribution in [-0.4, -0.2) is 20.0 Å². The van der Waals surface area contributed by atoms with Crippen LogP contribution < -0.4 is 18.9 Å². The third-order valence-electron chi connectivity index (χ3n) is 5.02. The predicted octanol–water partition coefficient (Wildman–Crippen LogP) is 5.21. The van der Waals surface area contributed by atoms with Gasteiger partial charge in [0.1, 0.15) is 29.6 Å². The number of allylic oxidation sites excluding steroid dienone is 1. The van der Waals surface area contributed by atoms with Gasteiger partial charge in [0.05, 0.1) is 19.8 Å². The van der Waals surface area contributed by atoms with Gasteiger partial charge in [0.15, 0.2) is 5.76 Å². The number of hydrogen-bond donors (Lipinski definition) is 0. The summed E-state index contributed by atoms with van der Waals surface area (Å²) in [6.45, 7) is 2.50. The molecule has 152 valence electrons. The van der Waals surface area contributed by atoms with Gasteiger partial charge in [0.2, 0.25) is 5.78 Å². The number of aryl methyl sites for hydroxylation is 1. The van der Waals surface area contributed by atoms with Crippen molar-refractivity contribution in [3.05, 3.63) is 88.7 Å². The first-order chi connectivity index (χ1) is 14.6. The van der Waals surface area contributed by atoms with Crippen molar-refractivity contribution in [2.45, 2.75) is 13.5 Å². The molecule has 0 atom stereocenters. The van der Waals surface area contributed by atoms with E-state index in [-0.39, 0.29) is 11.5 Å². The third kappa shape index (κ3) is 3.87. The number of benzene rings is 3.